The molecule has 6 nitrogen and oxygen atoms in total. The Labute approximate surface area is 96.7 Å². The molecule has 1 heterocycles. The number of benzene rings is 1. The van der Waals surface area contributed by atoms with Crippen LogP contribution in [0.2, 0.25) is 0 Å². The minimum atomic E-state index is -1.26. The second kappa shape index (κ2) is 3.60. The van der Waals surface area contributed by atoms with Crippen LogP contribution in [-0.4, -0.2) is 16.0 Å². The molecule has 0 saturated heterocycles. The highest BCUT2D eigenvalue weighted by Crippen LogP contribution is 2.36. The monoisotopic (exact) mass is 285 g/mol. The summed E-state index contributed by atoms with van der Waals surface area (Å²) in [7, 11) is 0. The van der Waals surface area contributed by atoms with Crippen LogP contribution < -0.4 is 0 Å². The Morgan fingerprint density at radius 1 is 1.50 bits per heavy atom. The van der Waals surface area contributed by atoms with E-state index in [-0.39, 0.29) is 26.7 Å². The van der Waals surface area contributed by atoms with Crippen molar-refractivity contribution >= 4 is 38.6 Å². The van der Waals surface area contributed by atoms with Crippen molar-refractivity contribution in [3.63, 3.8) is 0 Å². The number of rotatable bonds is 2. The zero-order valence-corrected chi connectivity index (χ0v) is 9.22. The molecule has 1 N–H and O–H groups in total. The second-order valence-corrected chi connectivity index (χ2v) is 3.84. The van der Waals surface area contributed by atoms with Crippen LogP contribution in [0.1, 0.15) is 10.4 Å². The number of furan rings is 1. The number of nitrogens with zero attached hydrogens (tertiary/aromatic N) is 1. The van der Waals surface area contributed by atoms with E-state index in [0.29, 0.717) is 0 Å². The first kappa shape index (κ1) is 10.6. The van der Waals surface area contributed by atoms with Crippen molar-refractivity contribution in [1.82, 2.24) is 0 Å². The minimum Gasteiger partial charge on any atom is -0.478 e. The fourth-order valence-electron chi connectivity index (χ4n) is 1.42. The number of aromatic carboxylic acids is 1. The summed E-state index contributed by atoms with van der Waals surface area (Å²) < 4.78 is 5.17. The summed E-state index contributed by atoms with van der Waals surface area (Å²) in [6.07, 6.45) is 0.992. The number of carboxylic acids is 1. The van der Waals surface area contributed by atoms with Gasteiger partial charge < -0.3 is 9.52 Å². The van der Waals surface area contributed by atoms with Crippen molar-refractivity contribution < 1.29 is 19.2 Å². The van der Waals surface area contributed by atoms with Gasteiger partial charge in [-0.25, -0.2) is 4.79 Å². The Balaban J connectivity index is 2.93. The van der Waals surface area contributed by atoms with Crippen molar-refractivity contribution in [3.8, 4) is 0 Å². The van der Waals surface area contributed by atoms with E-state index in [1.807, 2.05) is 0 Å². The summed E-state index contributed by atoms with van der Waals surface area (Å²) in [5.74, 6) is -1.26. The van der Waals surface area contributed by atoms with Crippen LogP contribution in [0.4, 0.5) is 5.69 Å². The predicted octanol–water partition coefficient (Wildman–Crippen LogP) is 2.80. The van der Waals surface area contributed by atoms with Gasteiger partial charge >= 0.3 is 5.97 Å². The van der Waals surface area contributed by atoms with E-state index >= 15 is 0 Å². The van der Waals surface area contributed by atoms with E-state index in [4.69, 9.17) is 9.52 Å². The number of nitro benzene ring substituents is 1. The fraction of sp³-hybridized carbons (Fsp3) is 0. The van der Waals surface area contributed by atoms with Crippen molar-refractivity contribution in [1.29, 1.82) is 0 Å². The lowest BCUT2D eigenvalue weighted by molar-refractivity contribution is -0.383. The number of carbonyl (C=O) groups is 1. The largest absolute Gasteiger partial charge is 0.478 e. The van der Waals surface area contributed by atoms with Crippen LogP contribution in [0.25, 0.3) is 11.0 Å². The SMILES string of the molecule is O=C(O)c1coc2ccc(Br)c([N+](=O)[O-])c12. The molecule has 2 aromatic rings. The molecule has 0 amide bonds. The highest BCUT2D eigenvalue weighted by molar-refractivity contribution is 9.10. The molecule has 0 atom stereocenters. The molecule has 0 bridgehead atoms. The Bertz CT molecular complexity index is 603. The van der Waals surface area contributed by atoms with Gasteiger partial charge in [0.2, 0.25) is 0 Å². The number of halogens is 1. The van der Waals surface area contributed by atoms with Crippen molar-refractivity contribution in [3.05, 3.63) is 38.5 Å². The smallest absolute Gasteiger partial charge is 0.339 e. The molecule has 0 aliphatic rings. The maximum absolute atomic E-state index is 10.9. The first-order valence-corrected chi connectivity index (χ1v) is 4.89. The Hall–Kier alpha value is -1.89. The summed E-state index contributed by atoms with van der Waals surface area (Å²) in [5, 5.41) is 19.7. The quantitative estimate of drug-likeness (QED) is 0.676. The van der Waals surface area contributed by atoms with Crippen molar-refractivity contribution in [2.45, 2.75) is 0 Å². The number of hydrogen-bond donors (Lipinski definition) is 1. The average molecular weight is 286 g/mol. The highest BCUT2D eigenvalue weighted by atomic mass is 79.9. The van der Waals surface area contributed by atoms with Gasteiger partial charge in [-0.05, 0) is 28.1 Å². The maximum atomic E-state index is 10.9. The van der Waals surface area contributed by atoms with Crippen LogP contribution in [0.3, 0.4) is 0 Å². The zero-order valence-electron chi connectivity index (χ0n) is 7.64. The number of hydrogen-bond acceptors (Lipinski definition) is 4. The van der Waals surface area contributed by atoms with Crippen LogP contribution >= 0.6 is 15.9 Å². The second-order valence-electron chi connectivity index (χ2n) is 2.98. The van der Waals surface area contributed by atoms with Crippen LogP contribution in [0, 0.1) is 10.1 Å². The topological polar surface area (TPSA) is 93.6 Å². The fourth-order valence-corrected chi connectivity index (χ4v) is 1.90. The minimum absolute atomic E-state index is 0.00752. The van der Waals surface area contributed by atoms with Gasteiger partial charge in [0.1, 0.15) is 22.8 Å². The molecule has 1 aromatic heterocycles. The standard InChI is InChI=1S/C9H4BrNO5/c10-5-1-2-6-7(8(5)11(14)15)4(3-16-6)9(12)13/h1-3H,(H,12,13). The van der Waals surface area contributed by atoms with E-state index in [9.17, 15) is 14.9 Å². The Morgan fingerprint density at radius 3 is 2.75 bits per heavy atom. The molecule has 0 unspecified atom stereocenters. The van der Waals surface area contributed by atoms with Gasteiger partial charge in [0.05, 0.1) is 9.40 Å². The highest BCUT2D eigenvalue weighted by Gasteiger charge is 2.25. The van der Waals surface area contributed by atoms with Crippen molar-refractivity contribution in [2.75, 3.05) is 0 Å². The van der Waals surface area contributed by atoms with Gasteiger partial charge in [-0.2, -0.15) is 0 Å². The maximum Gasteiger partial charge on any atom is 0.339 e. The molecule has 16 heavy (non-hydrogen) atoms. The lowest BCUT2D eigenvalue weighted by Crippen LogP contribution is -1.97. The predicted molar refractivity (Wildman–Crippen MR) is 57.5 cm³/mol. The summed E-state index contributed by atoms with van der Waals surface area (Å²) in [5.41, 5.74) is -0.348. The molecule has 0 fully saturated rings. The van der Waals surface area contributed by atoms with Gasteiger partial charge in [-0.15, -0.1) is 0 Å². The Kier molecular flexibility index (Phi) is 2.39. The van der Waals surface area contributed by atoms with Gasteiger partial charge in [0.25, 0.3) is 5.69 Å². The van der Waals surface area contributed by atoms with E-state index < -0.39 is 10.9 Å². The molecule has 0 aliphatic carbocycles. The Morgan fingerprint density at radius 2 is 2.19 bits per heavy atom. The molecule has 0 radical (unpaired) electrons. The molecule has 7 heteroatoms. The summed E-state index contributed by atoms with van der Waals surface area (Å²) in [6.45, 7) is 0. The zero-order chi connectivity index (χ0) is 11.9. The molecular weight excluding hydrogens is 282 g/mol. The molecule has 2 rings (SSSR count). The first-order valence-electron chi connectivity index (χ1n) is 4.09. The average Bonchev–Trinajstić information content (AvgIpc) is 2.60. The molecule has 82 valence electrons. The van der Waals surface area contributed by atoms with E-state index in [1.54, 1.807) is 0 Å². The molecule has 0 aliphatic heterocycles. The lowest BCUT2D eigenvalue weighted by atomic mass is 10.1. The normalized spacial score (nSPS) is 10.6. The van der Waals surface area contributed by atoms with E-state index in [0.717, 1.165) is 6.26 Å². The van der Waals surface area contributed by atoms with Gasteiger partial charge in [-0.1, -0.05) is 0 Å². The third kappa shape index (κ3) is 1.45. The molecule has 0 saturated carbocycles. The third-order valence-corrected chi connectivity index (χ3v) is 2.72. The van der Waals surface area contributed by atoms with E-state index in [1.165, 1.54) is 12.1 Å². The number of nitro groups is 1. The van der Waals surface area contributed by atoms with Crippen LogP contribution in [0.15, 0.2) is 27.3 Å². The van der Waals surface area contributed by atoms with Gasteiger partial charge in [0.15, 0.2) is 0 Å². The van der Waals surface area contributed by atoms with E-state index in [2.05, 4.69) is 15.9 Å². The van der Waals surface area contributed by atoms with Crippen LogP contribution in [0.5, 0.6) is 0 Å². The summed E-state index contributed by atoms with van der Waals surface area (Å²) in [4.78, 5) is 21.1. The number of carboxylic acid groups (broad SMARTS) is 1. The molecule has 1 aromatic carbocycles. The molecular formula is C9H4BrNO5. The van der Waals surface area contributed by atoms with Crippen LogP contribution in [-0.2, 0) is 0 Å². The van der Waals surface area contributed by atoms with Gasteiger partial charge in [-0.3, -0.25) is 10.1 Å². The van der Waals surface area contributed by atoms with Gasteiger partial charge in [0, 0.05) is 0 Å². The first-order chi connectivity index (χ1) is 7.52. The summed E-state index contributed by atoms with van der Waals surface area (Å²) in [6, 6.07) is 2.91. The lowest BCUT2D eigenvalue weighted by Gasteiger charge is -1.97. The number of fused-ring (bicyclic) bond motifs is 1. The third-order valence-electron chi connectivity index (χ3n) is 2.08. The molecule has 0 spiro atoms. The van der Waals surface area contributed by atoms with Crippen molar-refractivity contribution in [2.24, 2.45) is 0 Å². The summed E-state index contributed by atoms with van der Waals surface area (Å²) >= 11 is 3.01.